The van der Waals surface area contributed by atoms with Gasteiger partial charge in [0.2, 0.25) is 10.0 Å². The largest absolute Gasteiger partial charge is 0.478 e. The average molecular weight is 360 g/mol. The van der Waals surface area contributed by atoms with Crippen molar-refractivity contribution in [2.75, 3.05) is 19.3 Å². The van der Waals surface area contributed by atoms with E-state index in [0.717, 1.165) is 29.7 Å². The van der Waals surface area contributed by atoms with Crippen LogP contribution >= 0.6 is 0 Å². The Labute approximate surface area is 147 Å². The number of aromatic carboxylic acids is 1. The molecule has 0 unspecified atom stereocenters. The quantitative estimate of drug-likeness (QED) is 0.884. The van der Waals surface area contributed by atoms with E-state index in [2.05, 4.69) is 4.98 Å². The molecule has 1 atom stereocenters. The molecule has 0 spiro atoms. The first-order valence-corrected chi connectivity index (χ1v) is 9.91. The van der Waals surface area contributed by atoms with Crippen molar-refractivity contribution in [3.05, 3.63) is 53.7 Å². The first-order chi connectivity index (χ1) is 11.8. The number of carboxylic acid groups (broad SMARTS) is 1. The van der Waals surface area contributed by atoms with E-state index < -0.39 is 16.0 Å². The summed E-state index contributed by atoms with van der Waals surface area (Å²) in [5.41, 5.74) is 2.97. The van der Waals surface area contributed by atoms with Gasteiger partial charge in [-0.05, 0) is 42.5 Å². The minimum absolute atomic E-state index is 0.247. The van der Waals surface area contributed by atoms with Crippen LogP contribution in [0.4, 0.5) is 0 Å². The van der Waals surface area contributed by atoms with Gasteiger partial charge >= 0.3 is 5.97 Å². The Morgan fingerprint density at radius 3 is 2.48 bits per heavy atom. The van der Waals surface area contributed by atoms with Crippen LogP contribution in [0.3, 0.4) is 0 Å². The van der Waals surface area contributed by atoms with Crippen molar-refractivity contribution < 1.29 is 18.3 Å². The van der Waals surface area contributed by atoms with Gasteiger partial charge in [-0.15, -0.1) is 0 Å². The minimum Gasteiger partial charge on any atom is -0.478 e. The Kier molecular flexibility index (Phi) is 4.87. The fraction of sp³-hybridized carbons (Fsp3) is 0.333. The second kappa shape index (κ2) is 6.93. The Morgan fingerprint density at radius 2 is 1.96 bits per heavy atom. The van der Waals surface area contributed by atoms with E-state index in [9.17, 15) is 13.2 Å². The van der Waals surface area contributed by atoms with Gasteiger partial charge in [-0.1, -0.05) is 18.2 Å². The molecule has 1 N–H and O–H groups in total. The van der Waals surface area contributed by atoms with Crippen LogP contribution in [0.25, 0.3) is 11.3 Å². The molecule has 1 aliphatic rings. The van der Waals surface area contributed by atoms with E-state index in [-0.39, 0.29) is 5.56 Å². The van der Waals surface area contributed by atoms with Crippen LogP contribution in [0.15, 0.2) is 42.6 Å². The highest BCUT2D eigenvalue weighted by Gasteiger charge is 2.28. The Bertz CT molecular complexity index is 861. The number of aromatic nitrogens is 1. The van der Waals surface area contributed by atoms with Gasteiger partial charge in [0, 0.05) is 24.8 Å². The fourth-order valence-electron chi connectivity index (χ4n) is 3.10. The zero-order valence-corrected chi connectivity index (χ0v) is 14.7. The zero-order chi connectivity index (χ0) is 18.0. The van der Waals surface area contributed by atoms with E-state index in [0.29, 0.717) is 19.0 Å². The van der Waals surface area contributed by atoms with Gasteiger partial charge in [0.1, 0.15) is 0 Å². The smallest absolute Gasteiger partial charge is 0.335 e. The SMILES string of the molecule is CS(=O)(=O)N1CC[C@H](Cc2ccc(-c3ccc(C(=O)O)cc3)nc2)C1. The molecule has 3 rings (SSSR count). The predicted molar refractivity (Wildman–Crippen MR) is 94.9 cm³/mol. The van der Waals surface area contributed by atoms with Crippen molar-refractivity contribution in [3.8, 4) is 11.3 Å². The molecule has 1 aliphatic heterocycles. The third kappa shape index (κ3) is 4.24. The van der Waals surface area contributed by atoms with Crippen LogP contribution in [0.2, 0.25) is 0 Å². The molecule has 1 aromatic heterocycles. The van der Waals surface area contributed by atoms with Gasteiger partial charge < -0.3 is 5.11 Å². The molecule has 0 aliphatic carbocycles. The molecular formula is C18H20N2O4S. The summed E-state index contributed by atoms with van der Waals surface area (Å²) in [4.78, 5) is 15.3. The molecule has 0 amide bonds. The van der Waals surface area contributed by atoms with Crippen molar-refractivity contribution in [3.63, 3.8) is 0 Å². The molecule has 0 bridgehead atoms. The van der Waals surface area contributed by atoms with Crippen molar-refractivity contribution in [1.82, 2.24) is 9.29 Å². The number of pyridine rings is 1. The van der Waals surface area contributed by atoms with Gasteiger partial charge in [0.25, 0.3) is 0 Å². The summed E-state index contributed by atoms with van der Waals surface area (Å²) in [5.74, 6) is -0.633. The first kappa shape index (κ1) is 17.6. The van der Waals surface area contributed by atoms with E-state index in [4.69, 9.17) is 5.11 Å². The Hall–Kier alpha value is -2.25. The van der Waals surface area contributed by atoms with E-state index in [1.54, 1.807) is 24.3 Å². The van der Waals surface area contributed by atoms with Crippen LogP contribution in [0.5, 0.6) is 0 Å². The van der Waals surface area contributed by atoms with Crippen molar-refractivity contribution >= 4 is 16.0 Å². The second-order valence-corrected chi connectivity index (χ2v) is 8.40. The van der Waals surface area contributed by atoms with Gasteiger partial charge in [-0.25, -0.2) is 17.5 Å². The lowest BCUT2D eigenvalue weighted by Gasteiger charge is -2.13. The highest BCUT2D eigenvalue weighted by molar-refractivity contribution is 7.88. The van der Waals surface area contributed by atoms with E-state index in [1.807, 2.05) is 18.3 Å². The van der Waals surface area contributed by atoms with E-state index in [1.165, 1.54) is 10.6 Å². The molecule has 1 fully saturated rings. The number of benzene rings is 1. The zero-order valence-electron chi connectivity index (χ0n) is 13.9. The maximum atomic E-state index is 11.6. The topological polar surface area (TPSA) is 87.6 Å². The van der Waals surface area contributed by atoms with Gasteiger partial charge in [-0.3, -0.25) is 4.98 Å². The molecular weight excluding hydrogens is 340 g/mol. The minimum atomic E-state index is -3.10. The molecule has 6 nitrogen and oxygen atoms in total. The van der Waals surface area contributed by atoms with Crippen LogP contribution in [-0.4, -0.2) is 48.1 Å². The third-order valence-electron chi connectivity index (χ3n) is 4.49. The lowest BCUT2D eigenvalue weighted by molar-refractivity contribution is 0.0697. The molecule has 1 aromatic carbocycles. The molecule has 2 heterocycles. The van der Waals surface area contributed by atoms with Gasteiger partial charge in [0.15, 0.2) is 0 Å². The van der Waals surface area contributed by atoms with Crippen molar-refractivity contribution in [2.24, 2.45) is 5.92 Å². The van der Waals surface area contributed by atoms with Gasteiger partial charge in [0.05, 0.1) is 17.5 Å². The lowest BCUT2D eigenvalue weighted by atomic mass is 9.99. The van der Waals surface area contributed by atoms with Crippen molar-refractivity contribution in [2.45, 2.75) is 12.8 Å². The fourth-order valence-corrected chi connectivity index (χ4v) is 4.02. The predicted octanol–water partition coefficient (Wildman–Crippen LogP) is 2.27. The summed E-state index contributed by atoms with van der Waals surface area (Å²) in [7, 11) is -3.10. The highest BCUT2D eigenvalue weighted by atomic mass is 32.2. The number of hydrogen-bond donors (Lipinski definition) is 1. The first-order valence-electron chi connectivity index (χ1n) is 8.07. The Balaban J connectivity index is 1.66. The van der Waals surface area contributed by atoms with Crippen LogP contribution < -0.4 is 0 Å². The summed E-state index contributed by atoms with van der Waals surface area (Å²) in [5, 5.41) is 8.93. The summed E-state index contributed by atoms with van der Waals surface area (Å²) in [6.07, 6.45) is 4.73. The summed E-state index contributed by atoms with van der Waals surface area (Å²) in [6, 6.07) is 10.5. The second-order valence-electron chi connectivity index (χ2n) is 6.41. The average Bonchev–Trinajstić information content (AvgIpc) is 3.04. The highest BCUT2D eigenvalue weighted by Crippen LogP contribution is 2.24. The summed E-state index contributed by atoms with van der Waals surface area (Å²) >= 11 is 0. The molecule has 1 saturated heterocycles. The van der Waals surface area contributed by atoms with Crippen molar-refractivity contribution in [1.29, 1.82) is 0 Å². The van der Waals surface area contributed by atoms with Gasteiger partial charge in [-0.2, -0.15) is 0 Å². The summed E-state index contributed by atoms with van der Waals surface area (Å²) < 4.78 is 24.7. The van der Waals surface area contributed by atoms with E-state index >= 15 is 0 Å². The monoisotopic (exact) mass is 360 g/mol. The third-order valence-corrected chi connectivity index (χ3v) is 5.76. The standard InChI is InChI=1S/C18H20N2O4S/c1-25(23,24)20-9-8-14(12-20)10-13-2-7-17(19-11-13)15-3-5-16(6-4-15)18(21)22/h2-7,11,14H,8-10,12H2,1H3,(H,21,22)/t14-/m1/s1. The lowest BCUT2D eigenvalue weighted by Crippen LogP contribution is -2.27. The Morgan fingerprint density at radius 1 is 1.24 bits per heavy atom. The molecule has 2 aromatic rings. The van der Waals surface area contributed by atoms with Crippen LogP contribution in [0, 0.1) is 5.92 Å². The molecule has 0 radical (unpaired) electrons. The molecule has 0 saturated carbocycles. The maximum Gasteiger partial charge on any atom is 0.335 e. The number of rotatable bonds is 5. The number of hydrogen-bond acceptors (Lipinski definition) is 4. The molecule has 25 heavy (non-hydrogen) atoms. The maximum absolute atomic E-state index is 11.6. The number of carbonyl (C=O) groups is 1. The molecule has 7 heteroatoms. The summed E-state index contributed by atoms with van der Waals surface area (Å²) in [6.45, 7) is 1.15. The number of sulfonamides is 1. The molecule has 132 valence electrons. The number of nitrogens with zero attached hydrogens (tertiary/aromatic N) is 2. The van der Waals surface area contributed by atoms with Crippen LogP contribution in [0.1, 0.15) is 22.3 Å². The normalized spacial score (nSPS) is 18.4. The number of carboxylic acids is 1. The van der Waals surface area contributed by atoms with Crippen LogP contribution in [-0.2, 0) is 16.4 Å².